The third-order valence-corrected chi connectivity index (χ3v) is 2.05. The largest absolute Gasteiger partial charge is 0.386 e. The Bertz CT molecular complexity index is 297. The van der Waals surface area contributed by atoms with Gasteiger partial charge in [0.25, 0.3) is 0 Å². The first-order valence-electron chi connectivity index (χ1n) is 4.61. The topological polar surface area (TPSA) is 49.3 Å². The summed E-state index contributed by atoms with van der Waals surface area (Å²) in [4.78, 5) is 10.8. The van der Waals surface area contributed by atoms with Crippen molar-refractivity contribution in [3.63, 3.8) is 0 Å². The number of aliphatic hydroxyl groups excluding tert-OH is 1. The number of hydrogen-bond acceptors (Lipinski definition) is 2. The lowest BCUT2D eigenvalue weighted by atomic mass is 10.0. The highest BCUT2D eigenvalue weighted by molar-refractivity contribution is 5.73. The van der Waals surface area contributed by atoms with E-state index in [2.05, 4.69) is 5.32 Å². The van der Waals surface area contributed by atoms with Gasteiger partial charge in [-0.3, -0.25) is 4.79 Å². The van der Waals surface area contributed by atoms with Crippen LogP contribution in [0.25, 0.3) is 0 Å². The van der Waals surface area contributed by atoms with Crippen LogP contribution in [0.1, 0.15) is 25.5 Å². The van der Waals surface area contributed by atoms with Crippen molar-refractivity contribution < 1.29 is 9.90 Å². The fourth-order valence-electron chi connectivity index (χ4n) is 1.34. The van der Waals surface area contributed by atoms with Crippen LogP contribution < -0.4 is 5.32 Å². The number of carbonyl (C=O) groups is 1. The number of carbonyl (C=O) groups excluding carboxylic acids is 1. The molecule has 0 aromatic heterocycles. The zero-order valence-electron chi connectivity index (χ0n) is 8.40. The van der Waals surface area contributed by atoms with E-state index in [-0.39, 0.29) is 11.9 Å². The smallest absolute Gasteiger partial charge is 0.217 e. The van der Waals surface area contributed by atoms with Crippen LogP contribution in [0, 0.1) is 0 Å². The molecule has 3 nitrogen and oxygen atoms in total. The summed E-state index contributed by atoms with van der Waals surface area (Å²) in [7, 11) is 0. The Morgan fingerprint density at radius 2 is 1.93 bits per heavy atom. The zero-order chi connectivity index (χ0) is 10.6. The van der Waals surface area contributed by atoms with Crippen molar-refractivity contribution in [2.24, 2.45) is 0 Å². The molecule has 3 heteroatoms. The van der Waals surface area contributed by atoms with Gasteiger partial charge in [0.05, 0.1) is 12.1 Å². The number of aliphatic hydroxyl groups is 1. The molecule has 1 amide bonds. The van der Waals surface area contributed by atoms with Crippen LogP contribution >= 0.6 is 0 Å². The first-order valence-corrected chi connectivity index (χ1v) is 4.61. The minimum atomic E-state index is -0.653. The standard InChI is InChI=1S/C11H15NO2/c1-8(12-9(2)13)11(14)10-6-4-3-5-7-10/h3-8,11,14H,1-2H3,(H,12,13)/t8-,11?/m1/s1. The number of rotatable bonds is 3. The molecule has 0 spiro atoms. The summed E-state index contributed by atoms with van der Waals surface area (Å²) in [5.41, 5.74) is 0.814. The van der Waals surface area contributed by atoms with E-state index in [0.29, 0.717) is 0 Å². The molecule has 0 bridgehead atoms. The third-order valence-electron chi connectivity index (χ3n) is 2.05. The molecular formula is C11H15NO2. The van der Waals surface area contributed by atoms with Gasteiger partial charge >= 0.3 is 0 Å². The summed E-state index contributed by atoms with van der Waals surface area (Å²) in [6, 6.07) is 9.01. The van der Waals surface area contributed by atoms with Gasteiger partial charge in [-0.15, -0.1) is 0 Å². The molecule has 0 saturated carbocycles. The van der Waals surface area contributed by atoms with Crippen LogP contribution in [-0.4, -0.2) is 17.1 Å². The summed E-state index contributed by atoms with van der Waals surface area (Å²) >= 11 is 0. The van der Waals surface area contributed by atoms with Gasteiger partial charge in [-0.05, 0) is 12.5 Å². The second-order valence-corrected chi connectivity index (χ2v) is 3.34. The molecule has 2 atom stereocenters. The van der Waals surface area contributed by atoms with Gasteiger partial charge in [-0.25, -0.2) is 0 Å². The maximum atomic E-state index is 10.8. The molecule has 76 valence electrons. The normalized spacial score (nSPS) is 14.5. The Balaban J connectivity index is 2.65. The molecule has 0 aliphatic rings. The monoisotopic (exact) mass is 193 g/mol. The molecule has 0 heterocycles. The second kappa shape index (κ2) is 4.77. The van der Waals surface area contributed by atoms with Gasteiger partial charge in [-0.2, -0.15) is 0 Å². The van der Waals surface area contributed by atoms with Gasteiger partial charge in [0.15, 0.2) is 0 Å². The highest BCUT2D eigenvalue weighted by Crippen LogP contribution is 2.15. The number of amides is 1. The van der Waals surface area contributed by atoms with E-state index in [4.69, 9.17) is 0 Å². The Labute approximate surface area is 83.8 Å². The quantitative estimate of drug-likeness (QED) is 0.759. The SMILES string of the molecule is CC(=O)N[C@H](C)C(O)c1ccccc1. The van der Waals surface area contributed by atoms with Gasteiger partial charge < -0.3 is 10.4 Å². The molecule has 2 N–H and O–H groups in total. The Morgan fingerprint density at radius 3 is 2.43 bits per heavy atom. The highest BCUT2D eigenvalue weighted by atomic mass is 16.3. The van der Waals surface area contributed by atoms with Crippen LogP contribution in [-0.2, 0) is 4.79 Å². The third kappa shape index (κ3) is 2.85. The minimum absolute atomic E-state index is 0.132. The fourth-order valence-corrected chi connectivity index (χ4v) is 1.34. The van der Waals surface area contributed by atoms with E-state index >= 15 is 0 Å². The van der Waals surface area contributed by atoms with E-state index in [0.717, 1.165) is 5.56 Å². The molecule has 14 heavy (non-hydrogen) atoms. The lowest BCUT2D eigenvalue weighted by molar-refractivity contribution is -0.120. The molecule has 0 aliphatic carbocycles. The van der Waals surface area contributed by atoms with Crippen LogP contribution in [0.2, 0.25) is 0 Å². The number of benzene rings is 1. The fraction of sp³-hybridized carbons (Fsp3) is 0.364. The molecule has 0 saturated heterocycles. The minimum Gasteiger partial charge on any atom is -0.386 e. The lowest BCUT2D eigenvalue weighted by Gasteiger charge is -2.19. The van der Waals surface area contributed by atoms with Crippen molar-refractivity contribution in [2.45, 2.75) is 26.0 Å². The summed E-state index contributed by atoms with van der Waals surface area (Å²) < 4.78 is 0. The average molecular weight is 193 g/mol. The maximum absolute atomic E-state index is 10.8. The maximum Gasteiger partial charge on any atom is 0.217 e. The molecule has 1 aromatic rings. The van der Waals surface area contributed by atoms with Crippen molar-refractivity contribution in [1.29, 1.82) is 0 Å². The van der Waals surface area contributed by atoms with Crippen molar-refractivity contribution in [2.75, 3.05) is 0 Å². The van der Waals surface area contributed by atoms with E-state index < -0.39 is 6.10 Å². The molecule has 1 rings (SSSR count). The van der Waals surface area contributed by atoms with Crippen molar-refractivity contribution in [3.8, 4) is 0 Å². The molecule has 1 unspecified atom stereocenters. The number of nitrogens with one attached hydrogen (secondary N) is 1. The van der Waals surface area contributed by atoms with Crippen molar-refractivity contribution >= 4 is 5.91 Å². The second-order valence-electron chi connectivity index (χ2n) is 3.34. The summed E-state index contributed by atoms with van der Waals surface area (Å²) in [5, 5.41) is 12.5. The molecule has 0 aliphatic heterocycles. The summed E-state index contributed by atoms with van der Waals surface area (Å²) in [6.45, 7) is 3.22. The first kappa shape index (κ1) is 10.7. The van der Waals surface area contributed by atoms with Gasteiger partial charge in [-0.1, -0.05) is 30.3 Å². The van der Waals surface area contributed by atoms with Gasteiger partial charge in [0.2, 0.25) is 5.91 Å². The predicted octanol–water partition coefficient (Wildman–Crippen LogP) is 1.24. The highest BCUT2D eigenvalue weighted by Gasteiger charge is 2.16. The van der Waals surface area contributed by atoms with Crippen LogP contribution in [0.3, 0.4) is 0 Å². The Morgan fingerprint density at radius 1 is 1.36 bits per heavy atom. The van der Waals surface area contributed by atoms with E-state index in [9.17, 15) is 9.90 Å². The molecule has 0 radical (unpaired) electrons. The van der Waals surface area contributed by atoms with Crippen molar-refractivity contribution in [3.05, 3.63) is 35.9 Å². The first-order chi connectivity index (χ1) is 6.61. The number of hydrogen-bond donors (Lipinski definition) is 2. The Kier molecular flexibility index (Phi) is 3.65. The van der Waals surface area contributed by atoms with Gasteiger partial charge in [0.1, 0.15) is 0 Å². The molecular weight excluding hydrogens is 178 g/mol. The van der Waals surface area contributed by atoms with E-state index in [1.165, 1.54) is 6.92 Å². The molecule has 0 fully saturated rings. The zero-order valence-corrected chi connectivity index (χ0v) is 8.40. The van der Waals surface area contributed by atoms with E-state index in [1.54, 1.807) is 6.92 Å². The average Bonchev–Trinajstić information content (AvgIpc) is 2.17. The van der Waals surface area contributed by atoms with Gasteiger partial charge in [0, 0.05) is 6.92 Å². The summed E-state index contributed by atoms with van der Waals surface area (Å²) in [6.07, 6.45) is -0.653. The molecule has 1 aromatic carbocycles. The van der Waals surface area contributed by atoms with Crippen molar-refractivity contribution in [1.82, 2.24) is 5.32 Å². The van der Waals surface area contributed by atoms with Crippen LogP contribution in [0.4, 0.5) is 0 Å². The van der Waals surface area contributed by atoms with Crippen LogP contribution in [0.15, 0.2) is 30.3 Å². The predicted molar refractivity (Wildman–Crippen MR) is 54.7 cm³/mol. The summed E-state index contributed by atoms with van der Waals surface area (Å²) in [5.74, 6) is -0.132. The Hall–Kier alpha value is -1.35. The lowest BCUT2D eigenvalue weighted by Crippen LogP contribution is -2.35. The van der Waals surface area contributed by atoms with Crippen LogP contribution in [0.5, 0.6) is 0 Å². The van der Waals surface area contributed by atoms with E-state index in [1.807, 2.05) is 30.3 Å².